The van der Waals surface area contributed by atoms with Crippen LogP contribution in [0.3, 0.4) is 0 Å². The molecule has 2 unspecified atom stereocenters. The van der Waals surface area contributed by atoms with E-state index in [1.807, 2.05) is 6.07 Å². The van der Waals surface area contributed by atoms with Gasteiger partial charge in [0.2, 0.25) is 0 Å². The van der Waals surface area contributed by atoms with Crippen LogP contribution < -0.4 is 5.32 Å². The normalized spacial score (nSPS) is 27.3. The minimum absolute atomic E-state index is 0.363. The number of rotatable bonds is 3. The summed E-state index contributed by atoms with van der Waals surface area (Å²) in [6, 6.07) is 10.9. The lowest BCUT2D eigenvalue weighted by atomic mass is 9.90. The van der Waals surface area contributed by atoms with Crippen LogP contribution in [-0.2, 0) is 0 Å². The van der Waals surface area contributed by atoms with Gasteiger partial charge in [0.15, 0.2) is 0 Å². The maximum absolute atomic E-state index is 9.64. The fourth-order valence-electron chi connectivity index (χ4n) is 3.08. The van der Waals surface area contributed by atoms with Crippen LogP contribution in [0.5, 0.6) is 0 Å². The average molecular weight is 256 g/mol. The van der Waals surface area contributed by atoms with Crippen LogP contribution in [0, 0.1) is 24.2 Å². The molecule has 0 heterocycles. The third-order valence-corrected chi connectivity index (χ3v) is 4.39. The highest BCUT2D eigenvalue weighted by molar-refractivity contribution is 5.49. The monoisotopic (exact) mass is 256 g/mol. The lowest BCUT2D eigenvalue weighted by Gasteiger charge is -2.28. The van der Waals surface area contributed by atoms with Gasteiger partial charge in [0.25, 0.3) is 0 Å². The highest BCUT2D eigenvalue weighted by Crippen LogP contribution is 2.34. The molecule has 19 heavy (non-hydrogen) atoms. The molecule has 1 aliphatic carbocycles. The standard InChI is InChI=1S/C17H24N2/c1-3-15-7-5-10-17(13-18,11-9-15)19-16-8-4-6-14(2)12-16/h4,6,8,12,15,19H,3,5,7,9-11H2,1-2H3. The fraction of sp³-hybridized carbons (Fsp3) is 0.588. The Bertz CT molecular complexity index is 461. The first kappa shape index (κ1) is 13.9. The van der Waals surface area contributed by atoms with E-state index < -0.39 is 0 Å². The molecule has 1 aromatic rings. The van der Waals surface area contributed by atoms with Crippen molar-refractivity contribution in [3.8, 4) is 6.07 Å². The van der Waals surface area contributed by atoms with Crippen molar-refractivity contribution in [3.05, 3.63) is 29.8 Å². The summed E-state index contributed by atoms with van der Waals surface area (Å²) in [7, 11) is 0. The van der Waals surface area contributed by atoms with Crippen LogP contribution in [0.15, 0.2) is 24.3 Å². The molecule has 2 heteroatoms. The van der Waals surface area contributed by atoms with Crippen molar-refractivity contribution < 1.29 is 0 Å². The van der Waals surface area contributed by atoms with E-state index in [9.17, 15) is 5.26 Å². The third kappa shape index (κ3) is 3.50. The molecule has 102 valence electrons. The maximum atomic E-state index is 9.64. The molecule has 1 saturated carbocycles. The zero-order valence-electron chi connectivity index (χ0n) is 12.1. The molecule has 2 nitrogen and oxygen atoms in total. The molecule has 0 amide bonds. The summed E-state index contributed by atoms with van der Waals surface area (Å²) in [6.07, 6.45) is 6.78. The molecule has 0 radical (unpaired) electrons. The predicted molar refractivity (Wildman–Crippen MR) is 80.0 cm³/mol. The van der Waals surface area contributed by atoms with Gasteiger partial charge in [-0.25, -0.2) is 0 Å². The minimum atomic E-state index is -0.363. The van der Waals surface area contributed by atoms with Crippen LogP contribution in [0.1, 0.15) is 51.0 Å². The van der Waals surface area contributed by atoms with Gasteiger partial charge in [0, 0.05) is 5.69 Å². The Hall–Kier alpha value is -1.49. The summed E-state index contributed by atoms with van der Waals surface area (Å²) in [5, 5.41) is 13.2. The van der Waals surface area contributed by atoms with Crippen molar-refractivity contribution in [2.24, 2.45) is 5.92 Å². The van der Waals surface area contributed by atoms with E-state index >= 15 is 0 Å². The smallest absolute Gasteiger partial charge is 0.125 e. The summed E-state index contributed by atoms with van der Waals surface area (Å²) in [4.78, 5) is 0. The van der Waals surface area contributed by atoms with Gasteiger partial charge >= 0.3 is 0 Å². The van der Waals surface area contributed by atoms with Crippen molar-refractivity contribution in [2.45, 2.75) is 57.9 Å². The van der Waals surface area contributed by atoms with Crippen molar-refractivity contribution in [2.75, 3.05) is 5.32 Å². The van der Waals surface area contributed by atoms with Gasteiger partial charge in [-0.1, -0.05) is 31.9 Å². The van der Waals surface area contributed by atoms with Gasteiger partial charge in [0.05, 0.1) is 6.07 Å². The molecule has 0 aliphatic heterocycles. The van der Waals surface area contributed by atoms with Crippen molar-refractivity contribution >= 4 is 5.69 Å². The summed E-state index contributed by atoms with van der Waals surface area (Å²) in [5.74, 6) is 0.800. The first-order valence-corrected chi connectivity index (χ1v) is 7.43. The Morgan fingerprint density at radius 1 is 1.37 bits per heavy atom. The van der Waals surface area contributed by atoms with Crippen molar-refractivity contribution in [1.29, 1.82) is 5.26 Å². The Kier molecular flexibility index (Phi) is 4.47. The number of nitrogens with one attached hydrogen (secondary N) is 1. The molecular weight excluding hydrogens is 232 g/mol. The van der Waals surface area contributed by atoms with E-state index in [4.69, 9.17) is 0 Å². The first-order chi connectivity index (χ1) is 9.17. The fourth-order valence-corrected chi connectivity index (χ4v) is 3.08. The van der Waals surface area contributed by atoms with E-state index in [-0.39, 0.29) is 5.54 Å². The zero-order valence-corrected chi connectivity index (χ0v) is 12.1. The summed E-state index contributed by atoms with van der Waals surface area (Å²) in [6.45, 7) is 4.35. The number of hydrogen-bond acceptors (Lipinski definition) is 2. The average Bonchev–Trinajstić information content (AvgIpc) is 2.62. The third-order valence-electron chi connectivity index (χ3n) is 4.39. The number of benzene rings is 1. The molecule has 1 N–H and O–H groups in total. The Balaban J connectivity index is 2.12. The summed E-state index contributed by atoms with van der Waals surface area (Å²) in [5.41, 5.74) is 1.95. The van der Waals surface area contributed by atoms with E-state index in [1.54, 1.807) is 0 Å². The number of hydrogen-bond donors (Lipinski definition) is 1. The number of anilines is 1. The molecule has 1 aromatic carbocycles. The molecule has 0 saturated heterocycles. The lowest BCUT2D eigenvalue weighted by molar-refractivity contribution is 0.436. The summed E-state index contributed by atoms with van der Waals surface area (Å²) >= 11 is 0. The number of aryl methyl sites for hydroxylation is 1. The molecule has 0 aromatic heterocycles. The second-order valence-corrected chi connectivity index (χ2v) is 5.89. The summed E-state index contributed by atoms with van der Waals surface area (Å²) < 4.78 is 0. The topological polar surface area (TPSA) is 35.8 Å². The maximum Gasteiger partial charge on any atom is 0.125 e. The van der Waals surface area contributed by atoms with Gasteiger partial charge < -0.3 is 5.32 Å². The Morgan fingerprint density at radius 3 is 2.89 bits per heavy atom. The lowest BCUT2D eigenvalue weighted by Crippen LogP contribution is -2.36. The first-order valence-electron chi connectivity index (χ1n) is 7.43. The van der Waals surface area contributed by atoms with Gasteiger partial charge in [0.1, 0.15) is 5.54 Å². The molecule has 2 atom stereocenters. The minimum Gasteiger partial charge on any atom is -0.367 e. The van der Waals surface area contributed by atoms with Gasteiger partial charge in [-0.3, -0.25) is 0 Å². The van der Waals surface area contributed by atoms with Crippen LogP contribution in [0.4, 0.5) is 5.69 Å². The van der Waals surface area contributed by atoms with Gasteiger partial charge in [-0.05, 0) is 56.2 Å². The van der Waals surface area contributed by atoms with Crippen molar-refractivity contribution in [3.63, 3.8) is 0 Å². The molecule has 1 fully saturated rings. The van der Waals surface area contributed by atoms with Gasteiger partial charge in [-0.15, -0.1) is 0 Å². The Morgan fingerprint density at radius 2 is 2.21 bits per heavy atom. The molecule has 2 rings (SSSR count). The largest absolute Gasteiger partial charge is 0.367 e. The van der Waals surface area contributed by atoms with Gasteiger partial charge in [-0.2, -0.15) is 5.26 Å². The highest BCUT2D eigenvalue weighted by Gasteiger charge is 2.32. The van der Waals surface area contributed by atoms with Crippen LogP contribution in [0.25, 0.3) is 0 Å². The second-order valence-electron chi connectivity index (χ2n) is 5.89. The molecule has 1 aliphatic rings. The predicted octanol–water partition coefficient (Wildman–Crippen LogP) is 4.66. The number of nitriles is 1. The Labute approximate surface area is 116 Å². The quantitative estimate of drug-likeness (QED) is 0.798. The highest BCUT2D eigenvalue weighted by atomic mass is 15.0. The van der Waals surface area contributed by atoms with E-state index in [0.29, 0.717) is 0 Å². The molecule has 0 bridgehead atoms. The van der Waals surface area contributed by atoms with Crippen LogP contribution in [0.2, 0.25) is 0 Å². The zero-order chi connectivity index (χ0) is 13.7. The van der Waals surface area contributed by atoms with Crippen LogP contribution >= 0.6 is 0 Å². The van der Waals surface area contributed by atoms with E-state index in [0.717, 1.165) is 30.9 Å². The van der Waals surface area contributed by atoms with Crippen LogP contribution in [-0.4, -0.2) is 5.54 Å². The van der Waals surface area contributed by atoms with E-state index in [1.165, 1.54) is 24.8 Å². The number of nitrogens with zero attached hydrogens (tertiary/aromatic N) is 1. The molecular formula is C17H24N2. The van der Waals surface area contributed by atoms with E-state index in [2.05, 4.69) is 43.4 Å². The SMILES string of the molecule is CCC1CCCC(C#N)(Nc2cccc(C)c2)CC1. The second kappa shape index (κ2) is 6.10. The van der Waals surface area contributed by atoms with Crippen molar-refractivity contribution in [1.82, 2.24) is 0 Å². The molecule has 0 spiro atoms.